The minimum Gasteiger partial charge on any atom is -0.492 e. The van der Waals surface area contributed by atoms with Crippen molar-refractivity contribution in [3.05, 3.63) is 47.5 Å². The second-order valence-electron chi connectivity index (χ2n) is 6.38. The maximum absolute atomic E-state index is 12.7. The van der Waals surface area contributed by atoms with Gasteiger partial charge < -0.3 is 19.5 Å². The molecule has 2 aromatic carbocycles. The molecule has 0 saturated carbocycles. The van der Waals surface area contributed by atoms with E-state index in [1.807, 2.05) is 19.9 Å². The first kappa shape index (κ1) is 19.9. The maximum Gasteiger partial charge on any atom is 0.416 e. The third kappa shape index (κ3) is 4.68. The summed E-state index contributed by atoms with van der Waals surface area (Å²) in [5, 5.41) is 2.66. The molecule has 0 spiro atoms. The van der Waals surface area contributed by atoms with Crippen LogP contribution in [0.15, 0.2) is 36.4 Å². The molecule has 1 heterocycles. The first-order chi connectivity index (χ1) is 13.3. The number of fused-ring (bicyclic) bond motifs is 1. The van der Waals surface area contributed by atoms with Gasteiger partial charge in [-0.25, -0.2) is 0 Å². The number of rotatable bonds is 6. The normalized spacial score (nSPS) is 15.5. The van der Waals surface area contributed by atoms with Gasteiger partial charge in [0.05, 0.1) is 17.9 Å². The summed E-state index contributed by atoms with van der Waals surface area (Å²) < 4.78 is 54.7. The molecule has 1 unspecified atom stereocenters. The highest BCUT2D eigenvalue weighted by Crippen LogP contribution is 2.38. The van der Waals surface area contributed by atoms with Crippen molar-refractivity contribution in [3.8, 4) is 17.2 Å². The standard InChI is InChI=1S/C20H20F3NO4/c1-3-26-18-8-13-7-12(2)28-17(13)10-16(18)24-19(25)11-27-15-6-4-5-14(9-15)20(21,22)23/h4-6,8-10,12H,3,7,11H2,1-2H3,(H,24,25). The van der Waals surface area contributed by atoms with Crippen LogP contribution in [-0.4, -0.2) is 25.2 Å². The van der Waals surface area contributed by atoms with Crippen molar-refractivity contribution >= 4 is 11.6 Å². The highest BCUT2D eigenvalue weighted by molar-refractivity contribution is 5.93. The van der Waals surface area contributed by atoms with Crippen molar-refractivity contribution in [3.63, 3.8) is 0 Å². The Bertz CT molecular complexity index is 867. The number of benzene rings is 2. The lowest BCUT2D eigenvalue weighted by molar-refractivity contribution is -0.137. The largest absolute Gasteiger partial charge is 0.492 e. The minimum atomic E-state index is -4.48. The smallest absolute Gasteiger partial charge is 0.416 e. The van der Waals surface area contributed by atoms with Gasteiger partial charge in [0.1, 0.15) is 23.4 Å². The lowest BCUT2D eigenvalue weighted by Gasteiger charge is -2.14. The quantitative estimate of drug-likeness (QED) is 0.786. The summed E-state index contributed by atoms with van der Waals surface area (Å²) in [7, 11) is 0. The monoisotopic (exact) mass is 395 g/mol. The van der Waals surface area contributed by atoms with Gasteiger partial charge in [0.15, 0.2) is 6.61 Å². The Morgan fingerprint density at radius 3 is 2.75 bits per heavy atom. The molecule has 1 aliphatic rings. The van der Waals surface area contributed by atoms with Crippen molar-refractivity contribution in [1.82, 2.24) is 0 Å². The first-order valence-corrected chi connectivity index (χ1v) is 8.82. The Morgan fingerprint density at radius 1 is 1.25 bits per heavy atom. The second kappa shape index (κ2) is 8.00. The fourth-order valence-corrected chi connectivity index (χ4v) is 2.91. The summed E-state index contributed by atoms with van der Waals surface area (Å²) in [5.41, 5.74) is 0.579. The number of carbonyl (C=O) groups excluding carboxylic acids is 1. The third-order valence-corrected chi connectivity index (χ3v) is 4.10. The van der Waals surface area contributed by atoms with E-state index in [9.17, 15) is 18.0 Å². The molecule has 0 aliphatic carbocycles. The van der Waals surface area contributed by atoms with E-state index < -0.39 is 24.3 Å². The van der Waals surface area contributed by atoms with Crippen LogP contribution in [0.3, 0.4) is 0 Å². The summed E-state index contributed by atoms with van der Waals surface area (Å²) in [6, 6.07) is 7.88. The Labute approximate surface area is 160 Å². The zero-order chi connectivity index (χ0) is 20.3. The van der Waals surface area contributed by atoms with E-state index >= 15 is 0 Å². The third-order valence-electron chi connectivity index (χ3n) is 4.10. The number of amides is 1. The van der Waals surface area contributed by atoms with E-state index in [1.165, 1.54) is 12.1 Å². The molecule has 0 radical (unpaired) electrons. The van der Waals surface area contributed by atoms with Crippen molar-refractivity contribution in [2.24, 2.45) is 0 Å². The SMILES string of the molecule is CCOc1cc2c(cc1NC(=O)COc1cccc(C(F)(F)F)c1)OC(C)C2. The fraction of sp³-hybridized carbons (Fsp3) is 0.350. The Balaban J connectivity index is 1.68. The highest BCUT2D eigenvalue weighted by Gasteiger charge is 2.30. The molecule has 5 nitrogen and oxygen atoms in total. The Morgan fingerprint density at radius 2 is 2.04 bits per heavy atom. The second-order valence-corrected chi connectivity index (χ2v) is 6.38. The van der Waals surface area contributed by atoms with Crippen LogP contribution >= 0.6 is 0 Å². The number of halogens is 3. The number of hydrogen-bond acceptors (Lipinski definition) is 4. The summed E-state index contributed by atoms with van der Waals surface area (Å²) >= 11 is 0. The number of nitrogens with one attached hydrogen (secondary N) is 1. The molecule has 28 heavy (non-hydrogen) atoms. The topological polar surface area (TPSA) is 56.8 Å². The van der Waals surface area contributed by atoms with Crippen molar-refractivity contribution in [1.29, 1.82) is 0 Å². The van der Waals surface area contributed by atoms with E-state index in [1.54, 1.807) is 6.07 Å². The summed E-state index contributed by atoms with van der Waals surface area (Å²) in [6.07, 6.45) is -3.68. The maximum atomic E-state index is 12.7. The van der Waals surface area contributed by atoms with Crippen LogP contribution in [0.2, 0.25) is 0 Å². The van der Waals surface area contributed by atoms with Crippen LogP contribution in [0.1, 0.15) is 25.0 Å². The molecule has 1 amide bonds. The lowest BCUT2D eigenvalue weighted by Crippen LogP contribution is -2.21. The van der Waals surface area contributed by atoms with Gasteiger partial charge in [0.2, 0.25) is 0 Å². The van der Waals surface area contributed by atoms with Crippen LogP contribution < -0.4 is 19.5 Å². The predicted molar refractivity (Wildman–Crippen MR) is 97.0 cm³/mol. The van der Waals surface area contributed by atoms with Crippen LogP contribution in [-0.2, 0) is 17.4 Å². The minimum absolute atomic E-state index is 0.0406. The van der Waals surface area contributed by atoms with Crippen LogP contribution in [0, 0.1) is 0 Å². The molecule has 1 N–H and O–H groups in total. The van der Waals surface area contributed by atoms with Crippen molar-refractivity contribution < 1.29 is 32.2 Å². The lowest BCUT2D eigenvalue weighted by atomic mass is 10.1. The molecule has 2 aromatic rings. The zero-order valence-corrected chi connectivity index (χ0v) is 15.4. The molecule has 0 aromatic heterocycles. The van der Waals surface area contributed by atoms with Crippen LogP contribution in [0.5, 0.6) is 17.2 Å². The summed E-state index contributed by atoms with van der Waals surface area (Å²) in [6.45, 7) is 3.75. The summed E-state index contributed by atoms with van der Waals surface area (Å²) in [4.78, 5) is 12.2. The van der Waals surface area contributed by atoms with E-state index in [-0.39, 0.29) is 11.9 Å². The zero-order valence-electron chi connectivity index (χ0n) is 15.4. The van der Waals surface area contributed by atoms with E-state index in [4.69, 9.17) is 14.2 Å². The van der Waals surface area contributed by atoms with Gasteiger partial charge in [-0.05, 0) is 38.1 Å². The predicted octanol–water partition coefficient (Wildman–Crippen LogP) is 4.45. The molecular formula is C20H20F3NO4. The van der Waals surface area contributed by atoms with Crippen LogP contribution in [0.4, 0.5) is 18.9 Å². The Kier molecular flexibility index (Phi) is 5.67. The number of carbonyl (C=O) groups is 1. The van der Waals surface area contributed by atoms with Crippen molar-refractivity contribution in [2.75, 3.05) is 18.5 Å². The van der Waals surface area contributed by atoms with Gasteiger partial charge in [-0.3, -0.25) is 4.79 Å². The fourth-order valence-electron chi connectivity index (χ4n) is 2.91. The van der Waals surface area contributed by atoms with Crippen LogP contribution in [0.25, 0.3) is 0 Å². The van der Waals surface area contributed by atoms with Gasteiger partial charge >= 0.3 is 6.18 Å². The van der Waals surface area contributed by atoms with Crippen molar-refractivity contribution in [2.45, 2.75) is 32.5 Å². The number of anilines is 1. The van der Waals surface area contributed by atoms with Gasteiger partial charge in [-0.1, -0.05) is 6.07 Å². The number of alkyl halides is 3. The molecule has 1 atom stereocenters. The average Bonchev–Trinajstić information content (AvgIpc) is 2.99. The van der Waals surface area contributed by atoms with E-state index in [0.29, 0.717) is 23.8 Å². The van der Waals surface area contributed by atoms with E-state index in [2.05, 4.69) is 5.32 Å². The van der Waals surface area contributed by atoms with E-state index in [0.717, 1.165) is 24.1 Å². The Hall–Kier alpha value is -2.90. The molecule has 8 heteroatoms. The average molecular weight is 395 g/mol. The molecule has 0 saturated heterocycles. The van der Waals surface area contributed by atoms with Gasteiger partial charge in [-0.15, -0.1) is 0 Å². The first-order valence-electron chi connectivity index (χ1n) is 8.82. The van der Waals surface area contributed by atoms with Gasteiger partial charge in [-0.2, -0.15) is 13.2 Å². The summed E-state index contributed by atoms with van der Waals surface area (Å²) in [5.74, 6) is 0.613. The number of ether oxygens (including phenoxy) is 3. The molecule has 0 bridgehead atoms. The molecule has 0 fully saturated rings. The number of hydrogen-bond donors (Lipinski definition) is 1. The van der Waals surface area contributed by atoms with Gasteiger partial charge in [0.25, 0.3) is 5.91 Å². The molecule has 150 valence electrons. The molecule has 1 aliphatic heterocycles. The van der Waals surface area contributed by atoms with Gasteiger partial charge in [0, 0.05) is 18.1 Å². The molecular weight excluding hydrogens is 375 g/mol. The highest BCUT2D eigenvalue weighted by atomic mass is 19.4. The molecule has 3 rings (SSSR count).